The molecule has 0 spiro atoms. The van der Waals surface area contributed by atoms with Gasteiger partial charge < -0.3 is 10.6 Å². The number of carbonyl (C=O) groups is 2. The first kappa shape index (κ1) is 28.5. The molecule has 0 aliphatic heterocycles. The average molecular weight is 571 g/mol. The molecule has 0 bridgehead atoms. The normalized spacial score (nSPS) is 10.4. The minimum Gasteiger partial charge on any atom is -0.325 e. The van der Waals surface area contributed by atoms with Crippen LogP contribution in [0.1, 0.15) is 21.5 Å². The molecule has 10 heteroatoms. The molecule has 2 heterocycles. The van der Waals surface area contributed by atoms with Crippen molar-refractivity contribution in [2.45, 2.75) is 19.0 Å². The Morgan fingerprint density at radius 3 is 2.38 bits per heavy atom. The van der Waals surface area contributed by atoms with Crippen LogP contribution in [0.4, 0.5) is 11.4 Å². The van der Waals surface area contributed by atoms with Crippen LogP contribution in [-0.4, -0.2) is 37.3 Å². The third kappa shape index (κ3) is 6.74. The van der Waals surface area contributed by atoms with Gasteiger partial charge in [0, 0.05) is 40.6 Å². The number of anilines is 2. The summed E-state index contributed by atoms with van der Waals surface area (Å²) in [7, 11) is 0. The van der Waals surface area contributed by atoms with Gasteiger partial charge in [0.05, 0.1) is 5.75 Å². The zero-order valence-corrected chi connectivity index (χ0v) is 23.5. The predicted molar refractivity (Wildman–Crippen MR) is 162 cm³/mol. The second-order valence-electron chi connectivity index (χ2n) is 8.90. The second-order valence-corrected chi connectivity index (χ2v) is 9.85. The van der Waals surface area contributed by atoms with Gasteiger partial charge in [0.25, 0.3) is 5.91 Å². The molecule has 0 fully saturated rings. The molecule has 0 aliphatic carbocycles. The summed E-state index contributed by atoms with van der Waals surface area (Å²) in [5.74, 6) is 0.388. The van der Waals surface area contributed by atoms with Crippen LogP contribution in [0.2, 0.25) is 0 Å². The van der Waals surface area contributed by atoms with Gasteiger partial charge in [-0.15, -0.1) is 22.6 Å². The number of hydrogen-bond donors (Lipinski definition) is 2. The molecule has 2 N–H and O–H groups in total. The molecular formula is C30H27ClN6O2S. The van der Waals surface area contributed by atoms with Gasteiger partial charge in [0.1, 0.15) is 0 Å². The molecule has 0 aliphatic rings. The molecule has 0 saturated carbocycles. The van der Waals surface area contributed by atoms with E-state index in [0.29, 0.717) is 27.9 Å². The Labute approximate surface area is 242 Å². The molecule has 3 aromatic carbocycles. The Kier molecular flexibility index (Phi) is 9.31. The summed E-state index contributed by atoms with van der Waals surface area (Å²) in [6.45, 7) is 3.85. The van der Waals surface area contributed by atoms with E-state index in [4.69, 9.17) is 0 Å². The van der Waals surface area contributed by atoms with Gasteiger partial charge in [-0.3, -0.25) is 19.1 Å². The van der Waals surface area contributed by atoms with E-state index in [-0.39, 0.29) is 30.0 Å². The second kappa shape index (κ2) is 13.1. The fourth-order valence-corrected chi connectivity index (χ4v) is 4.75. The number of para-hydroxylation sites is 1. The van der Waals surface area contributed by atoms with Crippen molar-refractivity contribution in [1.82, 2.24) is 19.7 Å². The molecule has 2 amide bonds. The van der Waals surface area contributed by atoms with E-state index < -0.39 is 0 Å². The first-order chi connectivity index (χ1) is 19.0. The van der Waals surface area contributed by atoms with Crippen molar-refractivity contribution in [1.29, 1.82) is 0 Å². The van der Waals surface area contributed by atoms with Gasteiger partial charge in [-0.05, 0) is 67.9 Å². The van der Waals surface area contributed by atoms with Crippen LogP contribution in [0.15, 0.2) is 102 Å². The van der Waals surface area contributed by atoms with Crippen LogP contribution in [0, 0.1) is 13.8 Å². The third-order valence-corrected chi connectivity index (χ3v) is 6.90. The summed E-state index contributed by atoms with van der Waals surface area (Å²) in [5.41, 5.74) is 5.46. The van der Waals surface area contributed by atoms with E-state index in [1.54, 1.807) is 24.5 Å². The molecule has 0 atom stereocenters. The minimum absolute atomic E-state index is 0. The number of nitrogens with one attached hydrogen (secondary N) is 2. The number of benzene rings is 3. The van der Waals surface area contributed by atoms with Crippen molar-refractivity contribution in [3.63, 3.8) is 0 Å². The van der Waals surface area contributed by atoms with Crippen LogP contribution in [0.25, 0.3) is 17.1 Å². The number of aromatic nitrogens is 4. The lowest BCUT2D eigenvalue weighted by Crippen LogP contribution is -2.16. The number of rotatable bonds is 8. The maximum absolute atomic E-state index is 13.0. The summed E-state index contributed by atoms with van der Waals surface area (Å²) in [6, 6.07) is 26.4. The molecule has 202 valence electrons. The number of carbonyl (C=O) groups excluding carboxylic acids is 2. The summed E-state index contributed by atoms with van der Waals surface area (Å²) in [5, 5.41) is 15.2. The topological polar surface area (TPSA) is 102 Å². The van der Waals surface area contributed by atoms with Gasteiger partial charge in [-0.1, -0.05) is 53.7 Å². The summed E-state index contributed by atoms with van der Waals surface area (Å²) < 4.78 is 1.93. The first-order valence-corrected chi connectivity index (χ1v) is 13.3. The Bertz CT molecular complexity index is 1630. The van der Waals surface area contributed by atoms with Crippen molar-refractivity contribution in [3.05, 3.63) is 114 Å². The molecule has 8 nitrogen and oxygen atoms in total. The summed E-state index contributed by atoms with van der Waals surface area (Å²) in [6.07, 6.45) is 3.42. The molecule has 40 heavy (non-hydrogen) atoms. The Balaban J connectivity index is 0.00000370. The lowest BCUT2D eigenvalue weighted by Gasteiger charge is -2.12. The minimum atomic E-state index is -0.208. The number of pyridine rings is 1. The quantitative estimate of drug-likeness (QED) is 0.211. The molecule has 2 aromatic heterocycles. The highest BCUT2D eigenvalue weighted by Crippen LogP contribution is 2.28. The van der Waals surface area contributed by atoms with Gasteiger partial charge in [-0.2, -0.15) is 0 Å². The molecule has 0 saturated heterocycles. The molecule has 0 unspecified atom stereocenters. The lowest BCUT2D eigenvalue weighted by atomic mass is 10.1. The Morgan fingerprint density at radius 2 is 1.62 bits per heavy atom. The standard InChI is InChI=1S/C30H26N6O2S.ClH/c1-20-7-6-8-23(17-20)29(38)32-24-12-11-21(2)26(18-24)33-27(37)19-39-30-35-34-28(22-13-15-31-16-14-22)36(30)25-9-4-3-5-10-25;/h3-18H,19H2,1-2H3,(H,32,38)(H,33,37);1H. The summed E-state index contributed by atoms with van der Waals surface area (Å²) >= 11 is 1.30. The van der Waals surface area contributed by atoms with E-state index >= 15 is 0 Å². The maximum atomic E-state index is 13.0. The van der Waals surface area contributed by atoms with Gasteiger partial charge in [-0.25, -0.2) is 0 Å². The highest BCUT2D eigenvalue weighted by molar-refractivity contribution is 7.99. The SMILES string of the molecule is Cc1cccc(C(=O)Nc2ccc(C)c(NC(=O)CSc3nnc(-c4ccncc4)n3-c3ccccc3)c2)c1.Cl. The Morgan fingerprint density at radius 1 is 0.850 bits per heavy atom. The molecule has 0 radical (unpaired) electrons. The van der Waals surface area contributed by atoms with E-state index in [1.807, 2.05) is 91.2 Å². The number of thioether (sulfide) groups is 1. The van der Waals surface area contributed by atoms with Crippen LogP contribution < -0.4 is 10.6 Å². The predicted octanol–water partition coefficient (Wildman–Crippen LogP) is 6.35. The zero-order chi connectivity index (χ0) is 27.2. The van der Waals surface area contributed by atoms with Crippen LogP contribution >= 0.6 is 24.2 Å². The number of nitrogens with zero attached hydrogens (tertiary/aromatic N) is 4. The van der Waals surface area contributed by atoms with Crippen LogP contribution in [-0.2, 0) is 4.79 Å². The van der Waals surface area contributed by atoms with Gasteiger partial charge in [0.15, 0.2) is 11.0 Å². The fourth-order valence-electron chi connectivity index (χ4n) is 4.00. The molecule has 5 rings (SSSR count). The monoisotopic (exact) mass is 570 g/mol. The first-order valence-electron chi connectivity index (χ1n) is 12.3. The van der Waals surface area contributed by atoms with Gasteiger partial charge >= 0.3 is 0 Å². The van der Waals surface area contributed by atoms with E-state index in [9.17, 15) is 9.59 Å². The van der Waals surface area contributed by atoms with E-state index in [0.717, 1.165) is 22.4 Å². The number of amides is 2. The van der Waals surface area contributed by atoms with Crippen molar-refractivity contribution >= 4 is 47.4 Å². The van der Waals surface area contributed by atoms with Crippen molar-refractivity contribution in [2.75, 3.05) is 16.4 Å². The summed E-state index contributed by atoms with van der Waals surface area (Å²) in [4.78, 5) is 29.7. The van der Waals surface area contributed by atoms with Crippen molar-refractivity contribution < 1.29 is 9.59 Å². The molecule has 5 aromatic rings. The largest absolute Gasteiger partial charge is 0.325 e. The number of hydrogen-bond acceptors (Lipinski definition) is 6. The van der Waals surface area contributed by atoms with Gasteiger partial charge in [0.2, 0.25) is 5.91 Å². The third-order valence-electron chi connectivity index (χ3n) is 5.97. The Hall–Kier alpha value is -4.47. The van der Waals surface area contributed by atoms with E-state index in [2.05, 4.69) is 25.8 Å². The van der Waals surface area contributed by atoms with E-state index in [1.165, 1.54) is 11.8 Å². The van der Waals surface area contributed by atoms with Crippen molar-refractivity contribution in [2.24, 2.45) is 0 Å². The molecular weight excluding hydrogens is 544 g/mol. The zero-order valence-electron chi connectivity index (χ0n) is 21.9. The van der Waals surface area contributed by atoms with Crippen LogP contribution in [0.3, 0.4) is 0 Å². The average Bonchev–Trinajstić information content (AvgIpc) is 3.39. The maximum Gasteiger partial charge on any atom is 0.255 e. The highest BCUT2D eigenvalue weighted by atomic mass is 35.5. The lowest BCUT2D eigenvalue weighted by molar-refractivity contribution is -0.113. The number of aryl methyl sites for hydroxylation is 2. The highest BCUT2D eigenvalue weighted by Gasteiger charge is 2.18. The smallest absolute Gasteiger partial charge is 0.255 e. The fraction of sp³-hybridized carbons (Fsp3) is 0.100. The van der Waals surface area contributed by atoms with Crippen LogP contribution in [0.5, 0.6) is 0 Å². The van der Waals surface area contributed by atoms with Crippen molar-refractivity contribution in [3.8, 4) is 17.1 Å². The number of halogens is 1.